The van der Waals surface area contributed by atoms with E-state index in [1.165, 1.54) is 0 Å². The van der Waals surface area contributed by atoms with Crippen LogP contribution in [0.3, 0.4) is 0 Å². The lowest BCUT2D eigenvalue weighted by atomic mass is 9.87. The molecule has 1 aromatic carbocycles. The first-order valence-corrected chi connectivity index (χ1v) is 7.45. The average Bonchev–Trinajstić information content (AvgIpc) is 2.44. The lowest BCUT2D eigenvalue weighted by Gasteiger charge is -2.44. The number of primary amides is 1. The van der Waals surface area contributed by atoms with E-state index in [0.717, 1.165) is 18.4 Å². The number of piperidine rings is 1. The first-order valence-electron chi connectivity index (χ1n) is 7.45. The van der Waals surface area contributed by atoms with Gasteiger partial charge in [-0.05, 0) is 50.5 Å². The Morgan fingerprint density at radius 3 is 2.45 bits per heavy atom. The molecule has 118 valence electrons. The molecule has 0 bridgehead atoms. The highest BCUT2D eigenvalue weighted by molar-refractivity contribution is 5.94. The summed E-state index contributed by atoms with van der Waals surface area (Å²) in [6, 6.07) is 6.99. The van der Waals surface area contributed by atoms with Crippen molar-refractivity contribution < 1.29 is 9.59 Å². The van der Waals surface area contributed by atoms with Gasteiger partial charge in [-0.2, -0.15) is 0 Å². The topological polar surface area (TPSA) is 89.4 Å². The molecule has 1 unspecified atom stereocenters. The summed E-state index contributed by atoms with van der Waals surface area (Å²) >= 11 is 0. The summed E-state index contributed by atoms with van der Waals surface area (Å²) < 4.78 is 0. The molecule has 1 aromatic rings. The maximum absolute atomic E-state index is 12.4. The molecule has 5 nitrogen and oxygen atoms in total. The summed E-state index contributed by atoms with van der Waals surface area (Å²) in [7, 11) is 0. The number of amides is 2. The summed E-state index contributed by atoms with van der Waals surface area (Å²) in [6.45, 7) is 4.76. The van der Waals surface area contributed by atoms with Gasteiger partial charge in [0, 0.05) is 29.8 Å². The van der Waals surface area contributed by atoms with Crippen molar-refractivity contribution in [1.82, 2.24) is 4.90 Å². The lowest BCUT2D eigenvalue weighted by molar-refractivity contribution is -0.133. The van der Waals surface area contributed by atoms with Gasteiger partial charge in [0.25, 0.3) is 0 Å². The van der Waals surface area contributed by atoms with E-state index in [0.29, 0.717) is 12.1 Å². The zero-order chi connectivity index (χ0) is 16.3. The highest BCUT2D eigenvalue weighted by Gasteiger charge is 2.35. The van der Waals surface area contributed by atoms with Gasteiger partial charge in [0.2, 0.25) is 11.8 Å². The third-order valence-electron chi connectivity index (χ3n) is 4.10. The summed E-state index contributed by atoms with van der Waals surface area (Å²) in [5, 5.41) is 0. The molecule has 2 amide bonds. The standard InChI is InChI=1S/C17H23N3O2/c1-17(2)11-14(18)9-10-20(17)15(21)8-5-12-3-6-13(7-4-12)16(19)22/h3-8,14H,9-11,18H2,1-2H3,(H2,19,22)/b8-5+. The number of hydrogen-bond donors (Lipinski definition) is 2. The van der Waals surface area contributed by atoms with Crippen LogP contribution in [0, 0.1) is 0 Å². The normalized spacial score (nSPS) is 21.0. The molecular weight excluding hydrogens is 278 g/mol. The molecule has 5 heteroatoms. The Labute approximate surface area is 131 Å². The zero-order valence-corrected chi connectivity index (χ0v) is 13.1. The smallest absolute Gasteiger partial charge is 0.248 e. The molecule has 1 heterocycles. The van der Waals surface area contributed by atoms with Crippen molar-refractivity contribution in [2.75, 3.05) is 6.54 Å². The van der Waals surface area contributed by atoms with E-state index in [9.17, 15) is 9.59 Å². The molecular formula is C17H23N3O2. The van der Waals surface area contributed by atoms with E-state index in [-0.39, 0.29) is 17.5 Å². The molecule has 4 N–H and O–H groups in total. The maximum atomic E-state index is 12.4. The first-order chi connectivity index (χ1) is 10.3. The van der Waals surface area contributed by atoms with Gasteiger partial charge >= 0.3 is 0 Å². The minimum absolute atomic E-state index is 0.0177. The van der Waals surface area contributed by atoms with Crippen LogP contribution in [0.1, 0.15) is 42.6 Å². The second-order valence-electron chi connectivity index (χ2n) is 6.37. The van der Waals surface area contributed by atoms with Gasteiger partial charge in [-0.3, -0.25) is 9.59 Å². The molecule has 1 aliphatic rings. The Balaban J connectivity index is 2.06. The summed E-state index contributed by atoms with van der Waals surface area (Å²) in [5.74, 6) is -0.478. The summed E-state index contributed by atoms with van der Waals surface area (Å²) in [6.07, 6.45) is 4.95. The lowest BCUT2D eigenvalue weighted by Crippen LogP contribution is -2.55. The molecule has 1 aliphatic heterocycles. The number of nitrogens with two attached hydrogens (primary N) is 2. The number of carbonyl (C=O) groups is 2. The number of likely N-dealkylation sites (tertiary alicyclic amines) is 1. The third kappa shape index (κ3) is 3.74. The first kappa shape index (κ1) is 16.2. The van der Waals surface area contributed by atoms with Crippen LogP contribution in [0.5, 0.6) is 0 Å². The van der Waals surface area contributed by atoms with Crippen LogP contribution in [-0.4, -0.2) is 34.8 Å². The average molecular weight is 301 g/mol. The molecule has 0 aromatic heterocycles. The molecule has 1 saturated heterocycles. The van der Waals surface area contributed by atoms with Crippen LogP contribution < -0.4 is 11.5 Å². The van der Waals surface area contributed by atoms with E-state index < -0.39 is 5.91 Å². The minimum Gasteiger partial charge on any atom is -0.366 e. The SMILES string of the molecule is CC1(C)CC(N)CCN1C(=O)/C=C/c1ccc(C(N)=O)cc1. The van der Waals surface area contributed by atoms with Crippen molar-refractivity contribution in [3.63, 3.8) is 0 Å². The van der Waals surface area contributed by atoms with E-state index in [1.54, 1.807) is 36.4 Å². The van der Waals surface area contributed by atoms with Crippen molar-refractivity contribution in [1.29, 1.82) is 0 Å². The van der Waals surface area contributed by atoms with Crippen LogP contribution in [0.25, 0.3) is 6.08 Å². The Hall–Kier alpha value is -2.14. The Kier molecular flexibility index (Phi) is 4.66. The van der Waals surface area contributed by atoms with E-state index in [4.69, 9.17) is 11.5 Å². The van der Waals surface area contributed by atoms with E-state index in [2.05, 4.69) is 0 Å². The fourth-order valence-corrected chi connectivity index (χ4v) is 2.88. The van der Waals surface area contributed by atoms with Crippen LogP contribution in [-0.2, 0) is 4.79 Å². The molecule has 0 radical (unpaired) electrons. The summed E-state index contributed by atoms with van der Waals surface area (Å²) in [4.78, 5) is 25.3. The molecule has 0 saturated carbocycles. The summed E-state index contributed by atoms with van der Waals surface area (Å²) in [5.41, 5.74) is 12.3. The van der Waals surface area contributed by atoms with Crippen molar-refractivity contribution in [3.05, 3.63) is 41.5 Å². The number of benzene rings is 1. The van der Waals surface area contributed by atoms with E-state index in [1.807, 2.05) is 18.7 Å². The predicted molar refractivity (Wildman–Crippen MR) is 87.0 cm³/mol. The van der Waals surface area contributed by atoms with Crippen molar-refractivity contribution in [3.8, 4) is 0 Å². The third-order valence-corrected chi connectivity index (χ3v) is 4.10. The van der Waals surface area contributed by atoms with Gasteiger partial charge in [-0.15, -0.1) is 0 Å². The highest BCUT2D eigenvalue weighted by Crippen LogP contribution is 2.27. The van der Waals surface area contributed by atoms with Gasteiger partial charge in [-0.25, -0.2) is 0 Å². The van der Waals surface area contributed by atoms with Gasteiger partial charge in [0.15, 0.2) is 0 Å². The second-order valence-corrected chi connectivity index (χ2v) is 6.37. The van der Waals surface area contributed by atoms with Gasteiger partial charge in [-0.1, -0.05) is 12.1 Å². The molecule has 2 rings (SSSR count). The molecule has 0 aliphatic carbocycles. The fraction of sp³-hybridized carbons (Fsp3) is 0.412. The van der Waals surface area contributed by atoms with Crippen molar-refractivity contribution in [2.45, 2.75) is 38.3 Å². The number of carbonyl (C=O) groups excluding carboxylic acids is 2. The van der Waals surface area contributed by atoms with E-state index >= 15 is 0 Å². The highest BCUT2D eigenvalue weighted by atomic mass is 16.2. The number of rotatable bonds is 3. The van der Waals surface area contributed by atoms with Crippen LogP contribution in [0.2, 0.25) is 0 Å². The monoisotopic (exact) mass is 301 g/mol. The molecule has 0 spiro atoms. The van der Waals surface area contributed by atoms with Crippen LogP contribution >= 0.6 is 0 Å². The van der Waals surface area contributed by atoms with Gasteiger partial charge in [0.1, 0.15) is 0 Å². The number of hydrogen-bond acceptors (Lipinski definition) is 3. The predicted octanol–water partition coefficient (Wildman–Crippen LogP) is 1.53. The second kappa shape index (κ2) is 6.32. The Bertz CT molecular complexity index is 590. The van der Waals surface area contributed by atoms with Gasteiger partial charge < -0.3 is 16.4 Å². The quantitative estimate of drug-likeness (QED) is 0.830. The van der Waals surface area contributed by atoms with Crippen LogP contribution in [0.15, 0.2) is 30.3 Å². The molecule has 1 fully saturated rings. The maximum Gasteiger partial charge on any atom is 0.248 e. The Morgan fingerprint density at radius 1 is 1.27 bits per heavy atom. The largest absolute Gasteiger partial charge is 0.366 e. The molecule has 22 heavy (non-hydrogen) atoms. The zero-order valence-electron chi connectivity index (χ0n) is 13.1. The van der Waals surface area contributed by atoms with Crippen molar-refractivity contribution >= 4 is 17.9 Å². The van der Waals surface area contributed by atoms with Crippen molar-refractivity contribution in [2.24, 2.45) is 11.5 Å². The number of nitrogens with zero attached hydrogens (tertiary/aromatic N) is 1. The molecule has 1 atom stereocenters. The minimum atomic E-state index is -0.460. The van der Waals surface area contributed by atoms with Gasteiger partial charge in [0.05, 0.1) is 0 Å². The fourth-order valence-electron chi connectivity index (χ4n) is 2.88. The van der Waals surface area contributed by atoms with Crippen LogP contribution in [0.4, 0.5) is 0 Å². The Morgan fingerprint density at radius 2 is 1.91 bits per heavy atom.